The summed E-state index contributed by atoms with van der Waals surface area (Å²) in [7, 11) is 0. The molecule has 1 aliphatic heterocycles. The molecular weight excluding hydrogens is 330 g/mol. The fraction of sp³-hybridized carbons (Fsp3) is 0.700. The van der Waals surface area contributed by atoms with Crippen molar-refractivity contribution >= 4 is 11.9 Å². The van der Waals surface area contributed by atoms with E-state index in [1.54, 1.807) is 6.92 Å². The summed E-state index contributed by atoms with van der Waals surface area (Å²) in [5.41, 5.74) is 1.66. The van der Waals surface area contributed by atoms with Gasteiger partial charge in [-0.25, -0.2) is 4.79 Å². The monoisotopic (exact) mass is 361 g/mol. The van der Waals surface area contributed by atoms with Gasteiger partial charge in [0.2, 0.25) is 5.91 Å². The van der Waals surface area contributed by atoms with Gasteiger partial charge < -0.3 is 14.6 Å². The minimum atomic E-state index is -0.945. The first-order chi connectivity index (χ1) is 12.5. The average molecular weight is 361 g/mol. The predicted molar refractivity (Wildman–Crippen MR) is 101 cm³/mol. The molecule has 2 fully saturated rings. The quantitative estimate of drug-likeness (QED) is 0.875. The van der Waals surface area contributed by atoms with E-state index in [1.165, 1.54) is 32.1 Å². The molecule has 1 aromatic rings. The first-order valence-electron chi connectivity index (χ1n) is 9.95. The molecule has 0 radical (unpaired) electrons. The normalized spacial score (nSPS) is 19.7. The molecule has 2 heterocycles. The second-order valence-electron chi connectivity index (χ2n) is 7.61. The number of amides is 1. The van der Waals surface area contributed by atoms with Crippen molar-refractivity contribution in [1.82, 2.24) is 14.4 Å². The highest BCUT2D eigenvalue weighted by Crippen LogP contribution is 2.24. The maximum Gasteiger partial charge on any atom is 0.337 e. The van der Waals surface area contributed by atoms with Crippen molar-refractivity contribution in [3.8, 4) is 0 Å². The molecule has 1 saturated carbocycles. The highest BCUT2D eigenvalue weighted by molar-refractivity contribution is 5.93. The summed E-state index contributed by atoms with van der Waals surface area (Å²) < 4.78 is 1.90. The molecule has 0 unspecified atom stereocenters. The number of nitrogens with zero attached hydrogens (tertiary/aromatic N) is 3. The molecule has 144 valence electrons. The summed E-state index contributed by atoms with van der Waals surface area (Å²) in [5, 5.41) is 9.51. The Morgan fingerprint density at radius 1 is 1.12 bits per heavy atom. The molecule has 3 rings (SSSR count). The van der Waals surface area contributed by atoms with Gasteiger partial charge in [0.25, 0.3) is 0 Å². The maximum absolute atomic E-state index is 12.8. The van der Waals surface area contributed by atoms with Crippen LogP contribution >= 0.6 is 0 Å². The number of aryl methyl sites for hydroxylation is 2. The van der Waals surface area contributed by atoms with Crippen LogP contribution in [0.25, 0.3) is 0 Å². The van der Waals surface area contributed by atoms with Crippen molar-refractivity contribution in [2.45, 2.75) is 65.0 Å². The molecule has 0 bridgehead atoms. The summed E-state index contributed by atoms with van der Waals surface area (Å²) in [5.74, 6) is -0.900. The van der Waals surface area contributed by atoms with Crippen LogP contribution in [0.2, 0.25) is 0 Å². The molecule has 0 spiro atoms. The van der Waals surface area contributed by atoms with E-state index >= 15 is 0 Å². The lowest BCUT2D eigenvalue weighted by atomic mass is 9.94. The van der Waals surface area contributed by atoms with Gasteiger partial charge >= 0.3 is 5.97 Å². The molecule has 0 atom stereocenters. The Bertz CT molecular complexity index is 654. The highest BCUT2D eigenvalue weighted by Gasteiger charge is 2.28. The Balaban J connectivity index is 1.62. The molecule has 1 saturated heterocycles. The summed E-state index contributed by atoms with van der Waals surface area (Å²) in [4.78, 5) is 28.9. The minimum Gasteiger partial charge on any atom is -0.478 e. The van der Waals surface area contributed by atoms with Crippen molar-refractivity contribution in [2.75, 3.05) is 26.2 Å². The topological polar surface area (TPSA) is 65.8 Å². The third-order valence-corrected chi connectivity index (χ3v) is 6.01. The third-order valence-electron chi connectivity index (χ3n) is 6.01. The summed E-state index contributed by atoms with van der Waals surface area (Å²) in [6.45, 7) is 7.83. The van der Waals surface area contributed by atoms with Crippen LogP contribution in [0.4, 0.5) is 0 Å². The van der Waals surface area contributed by atoms with E-state index in [0.29, 0.717) is 23.8 Å². The van der Waals surface area contributed by atoms with Crippen molar-refractivity contribution in [2.24, 2.45) is 0 Å². The minimum absolute atomic E-state index is 0.0450. The van der Waals surface area contributed by atoms with Gasteiger partial charge in [-0.05, 0) is 32.3 Å². The Hall–Kier alpha value is -1.82. The van der Waals surface area contributed by atoms with E-state index in [9.17, 15) is 14.7 Å². The average Bonchev–Trinajstić information content (AvgIpc) is 2.98. The van der Waals surface area contributed by atoms with Crippen molar-refractivity contribution in [1.29, 1.82) is 0 Å². The van der Waals surface area contributed by atoms with E-state index < -0.39 is 5.97 Å². The van der Waals surface area contributed by atoms with Gasteiger partial charge in [-0.3, -0.25) is 9.69 Å². The second kappa shape index (κ2) is 8.25. The van der Waals surface area contributed by atoms with Gasteiger partial charge in [0, 0.05) is 50.7 Å². The van der Waals surface area contributed by atoms with E-state index in [2.05, 4.69) is 4.90 Å². The standard InChI is InChI=1S/C20H31N3O3/c1-3-21-14-15(2)19(20(25)26)17(21)13-18(24)23-11-9-22(10-12-23)16-7-5-4-6-8-16/h14,16H,3-13H2,1-2H3,(H,25,26). The first kappa shape index (κ1) is 19.0. The summed E-state index contributed by atoms with van der Waals surface area (Å²) >= 11 is 0. The lowest BCUT2D eigenvalue weighted by molar-refractivity contribution is -0.132. The van der Waals surface area contributed by atoms with E-state index in [0.717, 1.165) is 31.7 Å². The predicted octanol–water partition coefficient (Wildman–Crippen LogP) is 2.53. The Kier molecular flexibility index (Phi) is 6.01. The summed E-state index contributed by atoms with van der Waals surface area (Å²) in [6.07, 6.45) is 8.61. The van der Waals surface area contributed by atoms with Gasteiger partial charge in [-0.1, -0.05) is 19.3 Å². The molecule has 2 aliphatic rings. The van der Waals surface area contributed by atoms with Gasteiger partial charge in [-0.15, -0.1) is 0 Å². The van der Waals surface area contributed by atoms with E-state index in [4.69, 9.17) is 0 Å². The van der Waals surface area contributed by atoms with Crippen LogP contribution < -0.4 is 0 Å². The number of aromatic carboxylic acids is 1. The van der Waals surface area contributed by atoms with Crippen LogP contribution in [0.15, 0.2) is 6.20 Å². The largest absolute Gasteiger partial charge is 0.478 e. The van der Waals surface area contributed by atoms with Crippen LogP contribution in [0.5, 0.6) is 0 Å². The van der Waals surface area contributed by atoms with Crippen LogP contribution in [-0.4, -0.2) is 63.6 Å². The van der Waals surface area contributed by atoms with Gasteiger partial charge in [0.1, 0.15) is 0 Å². The number of hydrogen-bond acceptors (Lipinski definition) is 3. The van der Waals surface area contributed by atoms with E-state index in [-0.39, 0.29) is 12.3 Å². The number of carboxylic acid groups (broad SMARTS) is 1. The number of aromatic nitrogens is 1. The van der Waals surface area contributed by atoms with Gasteiger partial charge in [0.05, 0.1) is 12.0 Å². The zero-order chi connectivity index (χ0) is 18.7. The smallest absolute Gasteiger partial charge is 0.337 e. The zero-order valence-electron chi connectivity index (χ0n) is 16.0. The molecule has 1 amide bonds. The fourth-order valence-electron chi connectivity index (χ4n) is 4.55. The van der Waals surface area contributed by atoms with Gasteiger partial charge in [0.15, 0.2) is 0 Å². The molecule has 1 aliphatic carbocycles. The lowest BCUT2D eigenvalue weighted by Gasteiger charge is -2.40. The van der Waals surface area contributed by atoms with Crippen LogP contribution in [0.1, 0.15) is 60.6 Å². The van der Waals surface area contributed by atoms with Crippen molar-refractivity contribution in [3.63, 3.8) is 0 Å². The third kappa shape index (κ3) is 3.95. The molecule has 6 nitrogen and oxygen atoms in total. The molecule has 6 heteroatoms. The Morgan fingerprint density at radius 3 is 2.35 bits per heavy atom. The maximum atomic E-state index is 12.8. The molecular formula is C20H31N3O3. The van der Waals surface area contributed by atoms with Crippen LogP contribution in [-0.2, 0) is 17.8 Å². The summed E-state index contributed by atoms with van der Waals surface area (Å²) in [6, 6.07) is 0.694. The Morgan fingerprint density at radius 2 is 1.77 bits per heavy atom. The second-order valence-corrected chi connectivity index (χ2v) is 7.61. The number of hydrogen-bond donors (Lipinski definition) is 1. The number of carbonyl (C=O) groups excluding carboxylic acids is 1. The lowest BCUT2D eigenvalue weighted by Crippen LogP contribution is -2.52. The molecule has 1 N–H and O–H groups in total. The molecule has 0 aromatic carbocycles. The fourth-order valence-corrected chi connectivity index (χ4v) is 4.55. The number of rotatable bonds is 5. The number of piperazine rings is 1. The van der Waals surface area contributed by atoms with Crippen molar-refractivity contribution < 1.29 is 14.7 Å². The highest BCUT2D eigenvalue weighted by atomic mass is 16.4. The van der Waals surface area contributed by atoms with Crippen LogP contribution in [0.3, 0.4) is 0 Å². The zero-order valence-corrected chi connectivity index (χ0v) is 16.0. The van der Waals surface area contributed by atoms with Crippen LogP contribution in [0, 0.1) is 6.92 Å². The first-order valence-corrected chi connectivity index (χ1v) is 9.95. The molecule has 26 heavy (non-hydrogen) atoms. The number of carboxylic acids is 1. The molecule has 1 aromatic heterocycles. The van der Waals surface area contributed by atoms with Gasteiger partial charge in [-0.2, -0.15) is 0 Å². The van der Waals surface area contributed by atoms with Crippen molar-refractivity contribution in [3.05, 3.63) is 23.0 Å². The van der Waals surface area contributed by atoms with E-state index in [1.807, 2.05) is 22.6 Å². The number of carbonyl (C=O) groups is 2. The Labute approximate surface area is 155 Å². The SMILES string of the molecule is CCn1cc(C)c(C(=O)O)c1CC(=O)N1CCN(C2CCCCC2)CC1.